The van der Waals surface area contributed by atoms with Crippen LogP contribution in [0.3, 0.4) is 0 Å². The van der Waals surface area contributed by atoms with Crippen LogP contribution < -0.4 is 0 Å². The molecular weight excluding hydrogens is 232 g/mol. The number of hydrogen-bond donors (Lipinski definition) is 0. The van der Waals surface area contributed by atoms with E-state index in [1.165, 1.54) is 64.5 Å². The molecule has 2 rings (SSSR count). The van der Waals surface area contributed by atoms with Gasteiger partial charge in [-0.05, 0) is 57.5 Å². The standard InChI is InChI=1S/C17H30N2/c1-2-3-4-5-15-10-12-19(13-11-15)17-8-6-16(14-18)7-9-17/h15-17H,2-13H2,1H3. The molecule has 1 aliphatic carbocycles. The molecule has 0 aromatic carbocycles. The maximum Gasteiger partial charge on any atom is 0.0655 e. The van der Waals surface area contributed by atoms with Crippen LogP contribution in [0.4, 0.5) is 0 Å². The minimum absolute atomic E-state index is 0.350. The van der Waals surface area contributed by atoms with Crippen molar-refractivity contribution in [1.82, 2.24) is 4.90 Å². The molecule has 0 radical (unpaired) electrons. The lowest BCUT2D eigenvalue weighted by molar-refractivity contribution is 0.0975. The van der Waals surface area contributed by atoms with Gasteiger partial charge in [-0.2, -0.15) is 5.26 Å². The Morgan fingerprint density at radius 2 is 1.68 bits per heavy atom. The van der Waals surface area contributed by atoms with Crippen molar-refractivity contribution >= 4 is 0 Å². The summed E-state index contributed by atoms with van der Waals surface area (Å²) < 4.78 is 0. The van der Waals surface area contributed by atoms with Crippen molar-refractivity contribution in [2.45, 2.75) is 77.2 Å². The van der Waals surface area contributed by atoms with Crippen LogP contribution in [0.2, 0.25) is 0 Å². The van der Waals surface area contributed by atoms with Crippen molar-refractivity contribution in [1.29, 1.82) is 5.26 Å². The summed E-state index contributed by atoms with van der Waals surface area (Å²) in [7, 11) is 0. The van der Waals surface area contributed by atoms with Crippen LogP contribution in [0.1, 0.15) is 71.1 Å². The van der Waals surface area contributed by atoms with Crippen molar-refractivity contribution in [3.05, 3.63) is 0 Å². The summed E-state index contributed by atoms with van der Waals surface area (Å²) in [4.78, 5) is 2.73. The molecule has 0 amide bonds. The van der Waals surface area contributed by atoms with E-state index in [0.29, 0.717) is 5.92 Å². The zero-order valence-electron chi connectivity index (χ0n) is 12.6. The summed E-state index contributed by atoms with van der Waals surface area (Å²) >= 11 is 0. The van der Waals surface area contributed by atoms with Gasteiger partial charge in [0, 0.05) is 12.0 Å². The Morgan fingerprint density at radius 3 is 2.26 bits per heavy atom. The van der Waals surface area contributed by atoms with Gasteiger partial charge in [-0.25, -0.2) is 0 Å². The molecule has 1 saturated carbocycles. The third-order valence-electron chi connectivity index (χ3n) is 5.26. The highest BCUT2D eigenvalue weighted by Crippen LogP contribution is 2.31. The second kappa shape index (κ2) is 7.90. The molecular formula is C17H30N2. The highest BCUT2D eigenvalue weighted by molar-refractivity contribution is 4.90. The second-order valence-corrected chi connectivity index (χ2v) is 6.61. The predicted molar refractivity (Wildman–Crippen MR) is 79.8 cm³/mol. The Morgan fingerprint density at radius 1 is 1.00 bits per heavy atom. The summed E-state index contributed by atoms with van der Waals surface area (Å²) in [5.41, 5.74) is 0. The first kappa shape index (κ1) is 14.9. The van der Waals surface area contributed by atoms with Gasteiger partial charge in [0.2, 0.25) is 0 Å². The van der Waals surface area contributed by atoms with E-state index in [1.807, 2.05) is 0 Å². The average Bonchev–Trinajstić information content (AvgIpc) is 2.48. The van der Waals surface area contributed by atoms with Crippen LogP contribution in [-0.2, 0) is 0 Å². The quantitative estimate of drug-likeness (QED) is 0.688. The normalized spacial score (nSPS) is 30.1. The van der Waals surface area contributed by atoms with Crippen molar-refractivity contribution in [3.8, 4) is 6.07 Å². The Hall–Kier alpha value is -0.550. The minimum Gasteiger partial charge on any atom is -0.300 e. The van der Waals surface area contributed by atoms with E-state index in [2.05, 4.69) is 17.9 Å². The average molecular weight is 262 g/mol. The van der Waals surface area contributed by atoms with Crippen LogP contribution in [0.15, 0.2) is 0 Å². The predicted octanol–water partition coefficient (Wildman–Crippen LogP) is 4.36. The van der Waals surface area contributed by atoms with E-state index in [9.17, 15) is 0 Å². The number of nitrogens with zero attached hydrogens (tertiary/aromatic N) is 2. The fraction of sp³-hybridized carbons (Fsp3) is 0.941. The van der Waals surface area contributed by atoms with Gasteiger partial charge in [-0.15, -0.1) is 0 Å². The van der Waals surface area contributed by atoms with Crippen molar-refractivity contribution in [2.24, 2.45) is 11.8 Å². The Labute approximate surface area is 119 Å². The third kappa shape index (κ3) is 4.49. The maximum atomic E-state index is 8.96. The Balaban J connectivity index is 1.65. The number of piperidine rings is 1. The fourth-order valence-electron chi connectivity index (χ4n) is 3.86. The highest BCUT2D eigenvalue weighted by Gasteiger charge is 2.28. The lowest BCUT2D eigenvalue weighted by Gasteiger charge is -2.40. The number of hydrogen-bond acceptors (Lipinski definition) is 2. The van der Waals surface area contributed by atoms with Crippen molar-refractivity contribution in [2.75, 3.05) is 13.1 Å². The number of likely N-dealkylation sites (tertiary alicyclic amines) is 1. The number of nitriles is 1. The lowest BCUT2D eigenvalue weighted by Crippen LogP contribution is -2.43. The Kier molecular flexibility index (Phi) is 6.17. The molecule has 2 nitrogen and oxygen atoms in total. The topological polar surface area (TPSA) is 27.0 Å². The minimum atomic E-state index is 0.350. The van der Waals surface area contributed by atoms with Crippen LogP contribution in [0.5, 0.6) is 0 Å². The SMILES string of the molecule is CCCCCC1CCN(C2CCC(C#N)CC2)CC1. The van der Waals surface area contributed by atoms with E-state index in [0.717, 1.165) is 24.8 Å². The van der Waals surface area contributed by atoms with Crippen molar-refractivity contribution in [3.63, 3.8) is 0 Å². The third-order valence-corrected chi connectivity index (χ3v) is 5.26. The molecule has 0 aromatic rings. The van der Waals surface area contributed by atoms with Gasteiger partial charge in [-0.3, -0.25) is 0 Å². The molecule has 1 aliphatic heterocycles. The summed E-state index contributed by atoms with van der Waals surface area (Å²) in [5, 5.41) is 8.96. The van der Waals surface area contributed by atoms with Gasteiger partial charge in [0.15, 0.2) is 0 Å². The van der Waals surface area contributed by atoms with E-state index >= 15 is 0 Å². The molecule has 0 aromatic heterocycles. The summed E-state index contributed by atoms with van der Waals surface area (Å²) in [5.74, 6) is 1.35. The van der Waals surface area contributed by atoms with Crippen LogP contribution in [-0.4, -0.2) is 24.0 Å². The van der Waals surface area contributed by atoms with Gasteiger partial charge >= 0.3 is 0 Å². The van der Waals surface area contributed by atoms with E-state index in [1.54, 1.807) is 0 Å². The fourth-order valence-corrected chi connectivity index (χ4v) is 3.86. The largest absolute Gasteiger partial charge is 0.300 e. The van der Waals surface area contributed by atoms with Crippen molar-refractivity contribution < 1.29 is 0 Å². The first-order valence-electron chi connectivity index (χ1n) is 8.47. The lowest BCUT2D eigenvalue weighted by atomic mass is 9.84. The van der Waals surface area contributed by atoms with Gasteiger partial charge in [0.05, 0.1) is 6.07 Å². The van der Waals surface area contributed by atoms with Crippen LogP contribution in [0, 0.1) is 23.2 Å². The monoisotopic (exact) mass is 262 g/mol. The molecule has 19 heavy (non-hydrogen) atoms. The summed E-state index contributed by atoms with van der Waals surface area (Å²) in [6.07, 6.45) is 13.3. The summed E-state index contributed by atoms with van der Waals surface area (Å²) in [6.45, 7) is 4.93. The smallest absolute Gasteiger partial charge is 0.0655 e. The molecule has 0 spiro atoms. The molecule has 0 N–H and O–H groups in total. The van der Waals surface area contributed by atoms with Gasteiger partial charge < -0.3 is 4.90 Å². The molecule has 0 bridgehead atoms. The number of unbranched alkanes of at least 4 members (excludes halogenated alkanes) is 2. The van der Waals surface area contributed by atoms with Gasteiger partial charge in [0.25, 0.3) is 0 Å². The van der Waals surface area contributed by atoms with E-state index in [4.69, 9.17) is 5.26 Å². The molecule has 1 heterocycles. The Bertz CT molecular complexity index is 278. The molecule has 108 valence electrons. The number of rotatable bonds is 5. The first-order chi connectivity index (χ1) is 9.33. The summed E-state index contributed by atoms with van der Waals surface area (Å²) in [6, 6.07) is 3.24. The van der Waals surface area contributed by atoms with Gasteiger partial charge in [0.1, 0.15) is 0 Å². The zero-order chi connectivity index (χ0) is 13.5. The van der Waals surface area contributed by atoms with Crippen LogP contribution in [0.25, 0.3) is 0 Å². The maximum absolute atomic E-state index is 8.96. The molecule has 1 saturated heterocycles. The molecule has 2 heteroatoms. The van der Waals surface area contributed by atoms with E-state index in [-0.39, 0.29) is 0 Å². The highest BCUT2D eigenvalue weighted by atomic mass is 15.2. The first-order valence-corrected chi connectivity index (χ1v) is 8.47. The van der Waals surface area contributed by atoms with E-state index < -0.39 is 0 Å². The zero-order valence-corrected chi connectivity index (χ0v) is 12.6. The second-order valence-electron chi connectivity index (χ2n) is 6.61. The van der Waals surface area contributed by atoms with Gasteiger partial charge in [-0.1, -0.05) is 32.6 Å². The van der Waals surface area contributed by atoms with Crippen LogP contribution >= 0.6 is 0 Å². The molecule has 0 atom stereocenters. The molecule has 2 aliphatic rings. The molecule has 2 fully saturated rings. The molecule has 0 unspecified atom stereocenters.